The minimum Gasteiger partial charge on any atom is -0.397 e. The van der Waals surface area contributed by atoms with Crippen LogP contribution < -0.4 is 16.0 Å². The zero-order valence-electron chi connectivity index (χ0n) is 12.6. The second-order valence-electron chi connectivity index (χ2n) is 5.96. The van der Waals surface area contributed by atoms with Crippen molar-refractivity contribution in [2.75, 3.05) is 22.5 Å². The first-order valence-corrected chi connectivity index (χ1v) is 7.46. The van der Waals surface area contributed by atoms with Gasteiger partial charge in [-0.25, -0.2) is 0 Å². The number of hydrogen-bond acceptors (Lipinski definition) is 3. The number of nitrogens with one attached hydrogen (secondary N) is 1. The third kappa shape index (κ3) is 3.24. The minimum absolute atomic E-state index is 0.0171. The second kappa shape index (κ2) is 6.16. The Kier molecular flexibility index (Phi) is 4.53. The van der Waals surface area contributed by atoms with Gasteiger partial charge in [-0.2, -0.15) is 0 Å². The van der Waals surface area contributed by atoms with Gasteiger partial charge in [0.05, 0.1) is 11.4 Å². The van der Waals surface area contributed by atoms with E-state index in [0.29, 0.717) is 6.04 Å². The van der Waals surface area contributed by atoms with Crippen LogP contribution in [0.25, 0.3) is 0 Å². The molecule has 1 fully saturated rings. The van der Waals surface area contributed by atoms with Crippen LogP contribution in [0, 0.1) is 5.92 Å². The summed E-state index contributed by atoms with van der Waals surface area (Å²) >= 11 is 0. The predicted octanol–water partition coefficient (Wildman–Crippen LogP) is 3.24. The van der Waals surface area contributed by atoms with Crippen LogP contribution in [0.5, 0.6) is 0 Å². The molecule has 1 saturated heterocycles. The van der Waals surface area contributed by atoms with Crippen LogP contribution in [0.3, 0.4) is 0 Å². The molecule has 4 nitrogen and oxygen atoms in total. The van der Waals surface area contributed by atoms with Crippen LogP contribution in [-0.2, 0) is 4.79 Å². The first-order valence-electron chi connectivity index (χ1n) is 7.46. The van der Waals surface area contributed by atoms with Gasteiger partial charge < -0.3 is 16.0 Å². The largest absolute Gasteiger partial charge is 0.397 e. The lowest BCUT2D eigenvalue weighted by molar-refractivity contribution is -0.118. The van der Waals surface area contributed by atoms with E-state index >= 15 is 0 Å². The maximum absolute atomic E-state index is 11.7. The van der Waals surface area contributed by atoms with Crippen LogP contribution in [0.15, 0.2) is 18.2 Å². The number of amides is 1. The fourth-order valence-corrected chi connectivity index (χ4v) is 2.64. The van der Waals surface area contributed by atoms with Gasteiger partial charge in [-0.15, -0.1) is 0 Å². The Morgan fingerprint density at radius 3 is 2.75 bits per heavy atom. The minimum atomic E-state index is -0.0296. The van der Waals surface area contributed by atoms with Crippen LogP contribution in [0.1, 0.15) is 40.0 Å². The molecule has 1 aliphatic rings. The molecular weight excluding hydrogens is 250 g/mol. The van der Waals surface area contributed by atoms with Gasteiger partial charge in [-0.05, 0) is 44.4 Å². The van der Waals surface area contributed by atoms with Gasteiger partial charge in [-0.3, -0.25) is 4.79 Å². The molecule has 20 heavy (non-hydrogen) atoms. The summed E-state index contributed by atoms with van der Waals surface area (Å²) in [6.07, 6.45) is 3.72. The van der Waals surface area contributed by atoms with Gasteiger partial charge in [0.1, 0.15) is 0 Å². The van der Waals surface area contributed by atoms with Gasteiger partial charge >= 0.3 is 0 Å². The van der Waals surface area contributed by atoms with Crippen molar-refractivity contribution in [2.24, 2.45) is 5.92 Å². The molecule has 3 N–H and O–H groups in total. The number of carbonyl (C=O) groups excluding carboxylic acids is 1. The lowest BCUT2D eigenvalue weighted by Crippen LogP contribution is -2.37. The highest BCUT2D eigenvalue weighted by Gasteiger charge is 2.20. The normalized spacial score (nSPS) is 19.2. The van der Waals surface area contributed by atoms with Crippen molar-refractivity contribution in [3.63, 3.8) is 0 Å². The first-order chi connectivity index (χ1) is 9.49. The van der Waals surface area contributed by atoms with Crippen molar-refractivity contribution >= 4 is 23.0 Å². The monoisotopic (exact) mass is 275 g/mol. The SMILES string of the molecule is CC(C)C(=O)Nc1ccc(N2CCCC[C@H]2C)c(N)c1. The fourth-order valence-electron chi connectivity index (χ4n) is 2.64. The smallest absolute Gasteiger partial charge is 0.226 e. The second-order valence-corrected chi connectivity index (χ2v) is 5.96. The van der Waals surface area contributed by atoms with Gasteiger partial charge in [-0.1, -0.05) is 13.8 Å². The molecule has 1 aromatic rings. The average Bonchev–Trinajstić information content (AvgIpc) is 2.40. The summed E-state index contributed by atoms with van der Waals surface area (Å²) in [5.74, 6) is -0.0125. The van der Waals surface area contributed by atoms with E-state index in [9.17, 15) is 4.79 Å². The van der Waals surface area contributed by atoms with Crippen molar-refractivity contribution in [1.29, 1.82) is 0 Å². The average molecular weight is 275 g/mol. The molecule has 0 bridgehead atoms. The number of rotatable bonds is 3. The topological polar surface area (TPSA) is 58.4 Å². The number of nitrogens with zero attached hydrogens (tertiary/aromatic N) is 1. The number of benzene rings is 1. The Labute approximate surface area is 121 Å². The van der Waals surface area contributed by atoms with E-state index in [1.165, 1.54) is 19.3 Å². The van der Waals surface area contributed by atoms with Gasteiger partial charge in [0, 0.05) is 24.2 Å². The molecule has 4 heteroatoms. The summed E-state index contributed by atoms with van der Waals surface area (Å²) in [7, 11) is 0. The van der Waals surface area contributed by atoms with Crippen LogP contribution in [-0.4, -0.2) is 18.5 Å². The maximum Gasteiger partial charge on any atom is 0.226 e. The summed E-state index contributed by atoms with van der Waals surface area (Å²) in [6.45, 7) is 7.06. The Bertz CT molecular complexity index is 485. The lowest BCUT2D eigenvalue weighted by Gasteiger charge is -2.36. The maximum atomic E-state index is 11.7. The number of nitrogens with two attached hydrogens (primary N) is 1. The molecule has 0 unspecified atom stereocenters. The molecule has 1 heterocycles. The third-order valence-electron chi connectivity index (χ3n) is 3.93. The number of piperidine rings is 1. The highest BCUT2D eigenvalue weighted by molar-refractivity contribution is 5.93. The lowest BCUT2D eigenvalue weighted by atomic mass is 10.0. The van der Waals surface area contributed by atoms with Crippen molar-refractivity contribution in [1.82, 2.24) is 0 Å². The van der Waals surface area contributed by atoms with Crippen LogP contribution in [0.4, 0.5) is 17.1 Å². The standard InChI is InChI=1S/C16H25N3O/c1-11(2)16(20)18-13-7-8-15(14(17)10-13)19-9-5-4-6-12(19)3/h7-8,10-12H,4-6,9,17H2,1-3H3,(H,18,20)/t12-/m1/s1. The van der Waals surface area contributed by atoms with Crippen LogP contribution in [0.2, 0.25) is 0 Å². The Hall–Kier alpha value is -1.71. The highest BCUT2D eigenvalue weighted by Crippen LogP contribution is 2.31. The molecule has 2 rings (SSSR count). The van der Waals surface area contributed by atoms with E-state index in [2.05, 4.69) is 17.1 Å². The summed E-state index contributed by atoms with van der Waals surface area (Å²) in [5, 5.41) is 2.89. The summed E-state index contributed by atoms with van der Waals surface area (Å²) in [6, 6.07) is 6.35. The molecule has 0 spiro atoms. The molecule has 0 radical (unpaired) electrons. The number of anilines is 3. The van der Waals surface area contributed by atoms with E-state index in [4.69, 9.17) is 5.73 Å². The number of carbonyl (C=O) groups is 1. The van der Waals surface area contributed by atoms with Crippen molar-refractivity contribution in [3.05, 3.63) is 18.2 Å². The highest BCUT2D eigenvalue weighted by atomic mass is 16.1. The molecular formula is C16H25N3O. The zero-order chi connectivity index (χ0) is 14.7. The molecule has 1 aromatic carbocycles. The van der Waals surface area contributed by atoms with Gasteiger partial charge in [0.15, 0.2) is 0 Å². The van der Waals surface area contributed by atoms with E-state index < -0.39 is 0 Å². The zero-order valence-corrected chi connectivity index (χ0v) is 12.6. The fraction of sp³-hybridized carbons (Fsp3) is 0.562. The quantitative estimate of drug-likeness (QED) is 0.833. The summed E-state index contributed by atoms with van der Waals surface area (Å²) < 4.78 is 0. The molecule has 1 amide bonds. The van der Waals surface area contributed by atoms with E-state index in [1.807, 2.05) is 32.0 Å². The van der Waals surface area contributed by atoms with Gasteiger partial charge in [0.25, 0.3) is 0 Å². The Morgan fingerprint density at radius 2 is 2.15 bits per heavy atom. The predicted molar refractivity (Wildman–Crippen MR) is 85.0 cm³/mol. The van der Waals surface area contributed by atoms with Crippen LogP contribution >= 0.6 is 0 Å². The first kappa shape index (κ1) is 14.7. The summed E-state index contributed by atoms with van der Waals surface area (Å²) in [4.78, 5) is 14.1. The van der Waals surface area contributed by atoms with E-state index in [-0.39, 0.29) is 11.8 Å². The molecule has 1 atom stereocenters. The molecule has 110 valence electrons. The molecule has 0 aliphatic carbocycles. The summed E-state index contributed by atoms with van der Waals surface area (Å²) in [5.41, 5.74) is 8.77. The van der Waals surface area contributed by atoms with Crippen molar-refractivity contribution < 1.29 is 4.79 Å². The van der Waals surface area contributed by atoms with E-state index in [0.717, 1.165) is 23.6 Å². The van der Waals surface area contributed by atoms with Crippen molar-refractivity contribution in [3.8, 4) is 0 Å². The Morgan fingerprint density at radius 1 is 1.40 bits per heavy atom. The van der Waals surface area contributed by atoms with E-state index in [1.54, 1.807) is 0 Å². The van der Waals surface area contributed by atoms with Gasteiger partial charge in [0.2, 0.25) is 5.91 Å². The Balaban J connectivity index is 2.15. The molecule has 1 aliphatic heterocycles. The number of nitrogen functional groups attached to an aromatic ring is 1. The third-order valence-corrected chi connectivity index (χ3v) is 3.93. The number of hydrogen-bond donors (Lipinski definition) is 2. The van der Waals surface area contributed by atoms with Crippen molar-refractivity contribution in [2.45, 2.75) is 46.1 Å². The molecule has 0 saturated carbocycles. The molecule has 0 aromatic heterocycles.